The number of hydrogen-bond acceptors (Lipinski definition) is 0. The van der Waals surface area contributed by atoms with E-state index >= 15 is 0 Å². The van der Waals surface area contributed by atoms with Gasteiger partial charge in [0.1, 0.15) is 0 Å². The summed E-state index contributed by atoms with van der Waals surface area (Å²) in [5.74, 6) is 0. The minimum absolute atomic E-state index is 1.30. The third kappa shape index (κ3) is 2.87. The Morgan fingerprint density at radius 1 is 0.389 bits per heavy atom. The van der Waals surface area contributed by atoms with Crippen LogP contribution in [-0.2, 0) is 0 Å². The van der Waals surface area contributed by atoms with Crippen LogP contribution in [0.3, 0.4) is 0 Å². The Hall–Kier alpha value is -1.44. The number of rotatable bonds is 0. The third-order valence-corrected chi connectivity index (χ3v) is 4.12. The summed E-state index contributed by atoms with van der Waals surface area (Å²) in [6.07, 6.45) is 0. The van der Waals surface area contributed by atoms with Crippen molar-refractivity contribution in [1.29, 1.82) is 0 Å². The van der Waals surface area contributed by atoms with Crippen molar-refractivity contribution in [3.63, 3.8) is 0 Å². The molecule has 0 saturated heterocycles. The Morgan fingerprint density at radius 3 is 0.611 bits per heavy atom. The van der Waals surface area contributed by atoms with E-state index in [9.17, 15) is 0 Å². The summed E-state index contributed by atoms with van der Waals surface area (Å²) in [6.45, 7) is 17.0. The van der Waals surface area contributed by atoms with Crippen molar-refractivity contribution in [3.8, 4) is 0 Å². The highest BCUT2D eigenvalue weighted by atomic mass is 14.7. The number of aromatic nitrogens is 2. The fourth-order valence-corrected chi connectivity index (χ4v) is 2.06. The molecule has 2 nitrogen and oxygen atoms in total. The summed E-state index contributed by atoms with van der Waals surface area (Å²) >= 11 is 0. The highest BCUT2D eigenvalue weighted by Gasteiger charge is 2.01. The van der Waals surface area contributed by atoms with E-state index in [0.717, 1.165) is 0 Å². The van der Waals surface area contributed by atoms with Gasteiger partial charge in [-0.05, 0) is 77.6 Å². The van der Waals surface area contributed by atoms with Gasteiger partial charge in [0.2, 0.25) is 0 Å². The SMILES string of the molecule is Cc1[nH]c(C)c(C)c1C.Cc1[nH]c(C)c(C)c1C. The van der Waals surface area contributed by atoms with Crippen LogP contribution in [0.4, 0.5) is 0 Å². The second kappa shape index (κ2) is 5.47. The summed E-state index contributed by atoms with van der Waals surface area (Å²) in [6, 6.07) is 0. The van der Waals surface area contributed by atoms with Crippen molar-refractivity contribution in [1.82, 2.24) is 9.97 Å². The summed E-state index contributed by atoms with van der Waals surface area (Å²) in [7, 11) is 0. The quantitative estimate of drug-likeness (QED) is 0.686. The zero-order valence-electron chi connectivity index (χ0n) is 13.0. The molecule has 18 heavy (non-hydrogen) atoms. The standard InChI is InChI=1S/2C8H13N/c2*1-5-6(2)8(4)9-7(5)3/h2*9H,1-4H3. The maximum atomic E-state index is 3.28. The topological polar surface area (TPSA) is 31.6 Å². The zero-order chi connectivity index (χ0) is 14.0. The molecule has 2 aromatic heterocycles. The monoisotopic (exact) mass is 246 g/mol. The molecule has 0 atom stereocenters. The van der Waals surface area contributed by atoms with Gasteiger partial charge in [0.25, 0.3) is 0 Å². The van der Waals surface area contributed by atoms with Gasteiger partial charge in [-0.15, -0.1) is 0 Å². The molecule has 0 bridgehead atoms. The molecule has 0 aliphatic heterocycles. The molecule has 0 radical (unpaired) electrons. The maximum Gasteiger partial charge on any atom is 0.0150 e. The van der Waals surface area contributed by atoms with Gasteiger partial charge in [0.05, 0.1) is 0 Å². The second-order valence-corrected chi connectivity index (χ2v) is 5.25. The van der Waals surface area contributed by atoms with E-state index in [4.69, 9.17) is 0 Å². The van der Waals surface area contributed by atoms with Gasteiger partial charge in [-0.25, -0.2) is 0 Å². The normalized spacial score (nSPS) is 10.2. The highest BCUT2D eigenvalue weighted by Crippen LogP contribution is 2.14. The van der Waals surface area contributed by atoms with E-state index < -0.39 is 0 Å². The molecule has 0 spiro atoms. The largest absolute Gasteiger partial charge is 0.362 e. The van der Waals surface area contributed by atoms with Crippen LogP contribution < -0.4 is 0 Å². The molecule has 100 valence electrons. The van der Waals surface area contributed by atoms with Gasteiger partial charge in [-0.2, -0.15) is 0 Å². The molecule has 0 aromatic carbocycles. The third-order valence-electron chi connectivity index (χ3n) is 4.12. The second-order valence-electron chi connectivity index (χ2n) is 5.25. The number of H-pyrrole nitrogens is 2. The lowest BCUT2D eigenvalue weighted by Crippen LogP contribution is -1.73. The molecular formula is C16H26N2. The van der Waals surface area contributed by atoms with E-state index in [1.807, 2.05) is 0 Å². The van der Waals surface area contributed by atoms with Crippen LogP contribution in [0.25, 0.3) is 0 Å². The zero-order valence-corrected chi connectivity index (χ0v) is 13.0. The molecule has 0 fully saturated rings. The first-order chi connectivity index (χ1) is 8.25. The van der Waals surface area contributed by atoms with Crippen LogP contribution in [0.15, 0.2) is 0 Å². The van der Waals surface area contributed by atoms with Crippen molar-refractivity contribution in [3.05, 3.63) is 45.0 Å². The summed E-state index contributed by atoms with van der Waals surface area (Å²) in [5, 5.41) is 0. The van der Waals surface area contributed by atoms with Gasteiger partial charge >= 0.3 is 0 Å². The average Bonchev–Trinajstić information content (AvgIpc) is 2.66. The van der Waals surface area contributed by atoms with Crippen molar-refractivity contribution in [2.45, 2.75) is 55.4 Å². The van der Waals surface area contributed by atoms with Gasteiger partial charge < -0.3 is 9.97 Å². The van der Waals surface area contributed by atoms with Gasteiger partial charge in [-0.3, -0.25) is 0 Å². The Balaban J connectivity index is 0.000000180. The molecule has 2 rings (SSSR count). The summed E-state index contributed by atoms with van der Waals surface area (Å²) in [5.41, 5.74) is 10.8. The van der Waals surface area contributed by atoms with Gasteiger partial charge in [0.15, 0.2) is 0 Å². The Kier molecular flexibility index (Phi) is 4.44. The Morgan fingerprint density at radius 2 is 0.556 bits per heavy atom. The Labute approximate surface area is 111 Å². The molecule has 2 heteroatoms. The number of aryl methyl sites for hydroxylation is 4. The van der Waals surface area contributed by atoms with E-state index in [1.54, 1.807) is 0 Å². The first kappa shape index (κ1) is 14.6. The minimum atomic E-state index is 1.30. The predicted octanol–water partition coefficient (Wildman–Crippen LogP) is 4.50. The molecule has 0 saturated carbocycles. The van der Waals surface area contributed by atoms with Crippen LogP contribution in [0.5, 0.6) is 0 Å². The van der Waals surface area contributed by atoms with Crippen molar-refractivity contribution in [2.75, 3.05) is 0 Å². The maximum absolute atomic E-state index is 3.28. The van der Waals surface area contributed by atoms with Crippen LogP contribution in [-0.4, -0.2) is 9.97 Å². The number of hydrogen-bond donors (Lipinski definition) is 2. The summed E-state index contributed by atoms with van der Waals surface area (Å²) in [4.78, 5) is 6.55. The fraction of sp³-hybridized carbons (Fsp3) is 0.500. The fourth-order valence-electron chi connectivity index (χ4n) is 2.06. The van der Waals surface area contributed by atoms with Crippen molar-refractivity contribution < 1.29 is 0 Å². The summed E-state index contributed by atoms with van der Waals surface area (Å²) < 4.78 is 0. The lowest BCUT2D eigenvalue weighted by molar-refractivity contribution is 1.17. The van der Waals surface area contributed by atoms with Crippen molar-refractivity contribution in [2.24, 2.45) is 0 Å². The molecule has 0 unspecified atom stereocenters. The minimum Gasteiger partial charge on any atom is -0.362 e. The molecule has 2 heterocycles. The molecule has 2 N–H and O–H groups in total. The van der Waals surface area contributed by atoms with Crippen LogP contribution in [0, 0.1) is 55.4 Å². The first-order valence-corrected chi connectivity index (χ1v) is 6.50. The molecular weight excluding hydrogens is 220 g/mol. The van der Waals surface area contributed by atoms with E-state index in [0.29, 0.717) is 0 Å². The lowest BCUT2D eigenvalue weighted by atomic mass is 10.2. The molecule has 0 aliphatic rings. The molecule has 0 aliphatic carbocycles. The molecule has 2 aromatic rings. The van der Waals surface area contributed by atoms with E-state index in [1.165, 1.54) is 45.0 Å². The number of nitrogens with one attached hydrogen (secondary N) is 2. The highest BCUT2D eigenvalue weighted by molar-refractivity contribution is 5.33. The number of aromatic amines is 2. The van der Waals surface area contributed by atoms with Crippen LogP contribution in [0.1, 0.15) is 45.0 Å². The van der Waals surface area contributed by atoms with Crippen LogP contribution >= 0.6 is 0 Å². The van der Waals surface area contributed by atoms with E-state index in [-0.39, 0.29) is 0 Å². The molecule has 0 amide bonds. The van der Waals surface area contributed by atoms with Gasteiger partial charge in [0, 0.05) is 22.8 Å². The van der Waals surface area contributed by atoms with Crippen molar-refractivity contribution >= 4 is 0 Å². The van der Waals surface area contributed by atoms with E-state index in [2.05, 4.69) is 65.4 Å². The average molecular weight is 246 g/mol. The van der Waals surface area contributed by atoms with Crippen LogP contribution in [0.2, 0.25) is 0 Å². The smallest absolute Gasteiger partial charge is 0.0150 e. The first-order valence-electron chi connectivity index (χ1n) is 6.50. The predicted molar refractivity (Wildman–Crippen MR) is 79.5 cm³/mol. The van der Waals surface area contributed by atoms with Gasteiger partial charge in [-0.1, -0.05) is 0 Å². The lowest BCUT2D eigenvalue weighted by Gasteiger charge is -1.88. The Bertz CT molecular complexity index is 447.